The molecule has 0 unspecified atom stereocenters. The molecule has 0 saturated carbocycles. The van der Waals surface area contributed by atoms with Crippen molar-refractivity contribution in [2.24, 2.45) is 0 Å². The van der Waals surface area contributed by atoms with Gasteiger partial charge in [-0.05, 0) is 38.7 Å². The van der Waals surface area contributed by atoms with Crippen molar-refractivity contribution in [1.29, 1.82) is 0 Å². The fourth-order valence-corrected chi connectivity index (χ4v) is 2.14. The van der Waals surface area contributed by atoms with E-state index in [4.69, 9.17) is 4.74 Å². The average Bonchev–Trinajstić information content (AvgIpc) is 2.46. The maximum absolute atomic E-state index is 11.5. The molecule has 0 heterocycles. The van der Waals surface area contributed by atoms with E-state index in [2.05, 4.69) is 6.92 Å². The van der Waals surface area contributed by atoms with Gasteiger partial charge in [-0.25, -0.2) is 0 Å². The summed E-state index contributed by atoms with van der Waals surface area (Å²) in [7, 11) is 0. The van der Waals surface area contributed by atoms with Gasteiger partial charge in [0.25, 0.3) is 0 Å². The third-order valence-corrected chi connectivity index (χ3v) is 3.39. The van der Waals surface area contributed by atoms with E-state index in [1.54, 1.807) is 6.08 Å². The molecule has 0 aromatic rings. The smallest absolute Gasteiger partial charge is 0.305 e. The number of rotatable bonds is 14. The van der Waals surface area contributed by atoms with Crippen molar-refractivity contribution < 1.29 is 14.3 Å². The molecular formula is C18H32O3. The third kappa shape index (κ3) is 15.1. The van der Waals surface area contributed by atoms with Crippen LogP contribution in [0.5, 0.6) is 0 Å². The Bertz CT molecular complexity index is 295. The predicted octanol–water partition coefficient (Wildman–Crippen LogP) is 4.99. The number of unbranched alkanes of at least 4 members (excludes halogenated alkanes) is 7. The molecule has 21 heavy (non-hydrogen) atoms. The maximum atomic E-state index is 11.5. The molecule has 0 aliphatic carbocycles. The SMILES string of the molecule is CCCCCCC(=O)/C=C/CCCCCCC(=O)OCC. The van der Waals surface area contributed by atoms with Gasteiger partial charge in [-0.2, -0.15) is 0 Å². The number of carbonyl (C=O) groups excluding carboxylic acids is 2. The lowest BCUT2D eigenvalue weighted by molar-refractivity contribution is -0.143. The van der Waals surface area contributed by atoms with E-state index in [-0.39, 0.29) is 11.8 Å². The molecular weight excluding hydrogens is 264 g/mol. The van der Waals surface area contributed by atoms with Gasteiger partial charge in [0.15, 0.2) is 5.78 Å². The zero-order valence-electron chi connectivity index (χ0n) is 13.9. The Kier molecular flexibility index (Phi) is 14.5. The highest BCUT2D eigenvalue weighted by Gasteiger charge is 2.00. The van der Waals surface area contributed by atoms with Crippen molar-refractivity contribution in [2.45, 2.75) is 84.5 Å². The molecule has 0 aliphatic heterocycles. The van der Waals surface area contributed by atoms with Crippen LogP contribution in [0.4, 0.5) is 0 Å². The lowest BCUT2D eigenvalue weighted by Gasteiger charge is -2.01. The van der Waals surface area contributed by atoms with Gasteiger partial charge >= 0.3 is 5.97 Å². The molecule has 3 heteroatoms. The van der Waals surface area contributed by atoms with Gasteiger partial charge in [-0.3, -0.25) is 9.59 Å². The normalized spacial score (nSPS) is 11.0. The molecule has 0 radical (unpaired) electrons. The maximum Gasteiger partial charge on any atom is 0.305 e. The molecule has 0 fully saturated rings. The Morgan fingerprint density at radius 3 is 2.24 bits per heavy atom. The van der Waals surface area contributed by atoms with Crippen LogP contribution in [-0.4, -0.2) is 18.4 Å². The minimum atomic E-state index is -0.0916. The summed E-state index contributed by atoms with van der Waals surface area (Å²) in [6.07, 6.45) is 14.7. The summed E-state index contributed by atoms with van der Waals surface area (Å²) >= 11 is 0. The predicted molar refractivity (Wildman–Crippen MR) is 87.2 cm³/mol. The average molecular weight is 296 g/mol. The molecule has 0 aromatic heterocycles. The Morgan fingerprint density at radius 1 is 0.857 bits per heavy atom. The van der Waals surface area contributed by atoms with Crippen LogP contribution in [0, 0.1) is 0 Å². The second-order valence-electron chi connectivity index (χ2n) is 5.44. The monoisotopic (exact) mass is 296 g/mol. The molecule has 0 aromatic carbocycles. The standard InChI is InChI=1S/C18H32O3/c1-3-5-6-11-14-17(19)15-12-9-7-8-10-13-16-18(20)21-4-2/h12,15H,3-11,13-14,16H2,1-2H3/b15-12+. The van der Waals surface area contributed by atoms with Crippen molar-refractivity contribution in [1.82, 2.24) is 0 Å². The Labute approximate surface area is 130 Å². The fourth-order valence-electron chi connectivity index (χ4n) is 2.14. The Morgan fingerprint density at radius 2 is 1.52 bits per heavy atom. The number of ether oxygens (including phenoxy) is 1. The first-order valence-corrected chi connectivity index (χ1v) is 8.55. The lowest BCUT2D eigenvalue weighted by Crippen LogP contribution is -2.03. The molecule has 122 valence electrons. The van der Waals surface area contributed by atoms with Crippen LogP contribution in [0.3, 0.4) is 0 Å². The highest BCUT2D eigenvalue weighted by molar-refractivity contribution is 5.89. The van der Waals surface area contributed by atoms with Gasteiger partial charge < -0.3 is 4.74 Å². The topological polar surface area (TPSA) is 43.4 Å². The number of hydrogen-bond acceptors (Lipinski definition) is 3. The summed E-state index contributed by atoms with van der Waals surface area (Å²) in [6.45, 7) is 4.47. The van der Waals surface area contributed by atoms with Crippen molar-refractivity contribution >= 4 is 11.8 Å². The van der Waals surface area contributed by atoms with Gasteiger partial charge in [0.2, 0.25) is 0 Å². The summed E-state index contributed by atoms with van der Waals surface area (Å²) in [5, 5.41) is 0. The first-order chi connectivity index (χ1) is 10.2. The van der Waals surface area contributed by atoms with E-state index in [0.717, 1.165) is 44.9 Å². The molecule has 0 N–H and O–H groups in total. The summed E-state index contributed by atoms with van der Waals surface area (Å²) in [5.74, 6) is 0.166. The van der Waals surface area contributed by atoms with Crippen LogP contribution in [-0.2, 0) is 14.3 Å². The minimum absolute atomic E-state index is 0.0916. The van der Waals surface area contributed by atoms with E-state index in [9.17, 15) is 9.59 Å². The number of esters is 1. The Hall–Kier alpha value is -1.12. The van der Waals surface area contributed by atoms with Crippen LogP contribution in [0.2, 0.25) is 0 Å². The zero-order valence-corrected chi connectivity index (χ0v) is 13.9. The van der Waals surface area contributed by atoms with E-state index in [0.29, 0.717) is 19.4 Å². The number of hydrogen-bond donors (Lipinski definition) is 0. The number of carbonyl (C=O) groups is 2. The molecule has 3 nitrogen and oxygen atoms in total. The van der Waals surface area contributed by atoms with Crippen LogP contribution >= 0.6 is 0 Å². The largest absolute Gasteiger partial charge is 0.466 e. The van der Waals surface area contributed by atoms with E-state index in [1.807, 2.05) is 13.0 Å². The van der Waals surface area contributed by atoms with Crippen molar-refractivity contribution in [2.75, 3.05) is 6.61 Å². The lowest BCUT2D eigenvalue weighted by atomic mass is 10.1. The molecule has 0 aliphatic rings. The van der Waals surface area contributed by atoms with Crippen molar-refractivity contribution in [3.05, 3.63) is 12.2 Å². The van der Waals surface area contributed by atoms with E-state index >= 15 is 0 Å². The molecule has 0 amide bonds. The molecule has 0 atom stereocenters. The summed E-state index contributed by atoms with van der Waals surface area (Å²) < 4.78 is 4.87. The number of allylic oxidation sites excluding steroid dienone is 2. The highest BCUT2D eigenvalue weighted by atomic mass is 16.5. The summed E-state index contributed by atoms with van der Waals surface area (Å²) in [6, 6.07) is 0. The first-order valence-electron chi connectivity index (χ1n) is 8.55. The van der Waals surface area contributed by atoms with Gasteiger partial charge in [-0.15, -0.1) is 0 Å². The first kappa shape index (κ1) is 19.9. The van der Waals surface area contributed by atoms with Crippen LogP contribution in [0.15, 0.2) is 12.2 Å². The van der Waals surface area contributed by atoms with E-state index < -0.39 is 0 Å². The molecule has 0 bridgehead atoms. The highest BCUT2D eigenvalue weighted by Crippen LogP contribution is 2.07. The fraction of sp³-hybridized carbons (Fsp3) is 0.778. The molecule has 0 rings (SSSR count). The minimum Gasteiger partial charge on any atom is -0.466 e. The second kappa shape index (κ2) is 15.3. The van der Waals surface area contributed by atoms with Crippen LogP contribution < -0.4 is 0 Å². The van der Waals surface area contributed by atoms with Gasteiger partial charge in [0.05, 0.1) is 6.61 Å². The Balaban J connectivity index is 3.35. The third-order valence-electron chi connectivity index (χ3n) is 3.39. The second-order valence-corrected chi connectivity index (χ2v) is 5.44. The summed E-state index contributed by atoms with van der Waals surface area (Å²) in [4.78, 5) is 22.6. The van der Waals surface area contributed by atoms with Gasteiger partial charge in [0.1, 0.15) is 0 Å². The zero-order chi connectivity index (χ0) is 15.8. The molecule has 0 saturated heterocycles. The van der Waals surface area contributed by atoms with E-state index in [1.165, 1.54) is 12.8 Å². The van der Waals surface area contributed by atoms with Crippen molar-refractivity contribution in [3.8, 4) is 0 Å². The quantitative estimate of drug-likeness (QED) is 0.258. The van der Waals surface area contributed by atoms with Crippen LogP contribution in [0.1, 0.15) is 84.5 Å². The molecule has 0 spiro atoms. The van der Waals surface area contributed by atoms with Crippen LogP contribution in [0.25, 0.3) is 0 Å². The van der Waals surface area contributed by atoms with Crippen molar-refractivity contribution in [3.63, 3.8) is 0 Å². The van der Waals surface area contributed by atoms with Gasteiger partial charge in [0, 0.05) is 12.8 Å². The van der Waals surface area contributed by atoms with Gasteiger partial charge in [-0.1, -0.05) is 45.1 Å². The number of ketones is 1. The summed E-state index contributed by atoms with van der Waals surface area (Å²) in [5.41, 5.74) is 0.